The molecule has 0 bridgehead atoms. The Bertz CT molecular complexity index is 646. The van der Waals surface area contributed by atoms with E-state index in [1.165, 1.54) is 18.2 Å². The van der Waals surface area contributed by atoms with Gasteiger partial charge in [-0.15, -0.1) is 0 Å². The molecule has 0 aliphatic rings. The average Bonchev–Trinajstić information content (AvgIpc) is 2.33. The van der Waals surface area contributed by atoms with Crippen LogP contribution in [0.1, 0.15) is 5.56 Å². The smallest absolute Gasteiger partial charge is 0.416 e. The maximum Gasteiger partial charge on any atom is 0.416 e. The standard InChI is InChI=1S/C12H7ClF4N2O/c13-7-2-1-3-8(11(7)14)20-10-5-6(12(15,16)17)4-9(18)19-10/h1-5H,(H2,18,19). The van der Waals surface area contributed by atoms with Crippen LogP contribution in [0.3, 0.4) is 0 Å². The van der Waals surface area contributed by atoms with Crippen molar-refractivity contribution >= 4 is 17.4 Å². The monoisotopic (exact) mass is 306 g/mol. The number of anilines is 1. The molecular formula is C12H7ClF4N2O. The Morgan fingerprint density at radius 1 is 1.20 bits per heavy atom. The lowest BCUT2D eigenvalue weighted by Crippen LogP contribution is -2.07. The Labute approximate surface area is 115 Å². The first-order valence-electron chi connectivity index (χ1n) is 5.24. The average molecular weight is 307 g/mol. The van der Waals surface area contributed by atoms with Gasteiger partial charge in [0.05, 0.1) is 10.6 Å². The van der Waals surface area contributed by atoms with Crippen molar-refractivity contribution in [2.45, 2.75) is 6.18 Å². The second kappa shape index (κ2) is 5.16. The molecule has 0 aliphatic carbocycles. The van der Waals surface area contributed by atoms with Crippen LogP contribution in [-0.2, 0) is 6.18 Å². The number of pyridine rings is 1. The van der Waals surface area contributed by atoms with Crippen molar-refractivity contribution in [2.24, 2.45) is 0 Å². The normalized spacial score (nSPS) is 11.4. The van der Waals surface area contributed by atoms with Gasteiger partial charge in [0, 0.05) is 6.07 Å². The Morgan fingerprint density at radius 2 is 1.90 bits per heavy atom. The summed E-state index contributed by atoms with van der Waals surface area (Å²) in [6, 6.07) is 5.15. The van der Waals surface area contributed by atoms with Gasteiger partial charge in [-0.05, 0) is 18.2 Å². The maximum atomic E-state index is 13.6. The first-order chi connectivity index (χ1) is 9.27. The molecule has 3 nitrogen and oxygen atoms in total. The predicted octanol–water partition coefficient (Wildman–Crippen LogP) is 4.27. The molecule has 0 spiro atoms. The Kier molecular flexibility index (Phi) is 3.71. The van der Waals surface area contributed by atoms with Gasteiger partial charge in [0.25, 0.3) is 0 Å². The number of benzene rings is 1. The Balaban J connectivity index is 2.39. The van der Waals surface area contributed by atoms with Gasteiger partial charge in [-0.25, -0.2) is 4.39 Å². The molecule has 2 N–H and O–H groups in total. The van der Waals surface area contributed by atoms with Crippen molar-refractivity contribution in [3.8, 4) is 11.6 Å². The summed E-state index contributed by atoms with van der Waals surface area (Å²) in [6.45, 7) is 0. The van der Waals surface area contributed by atoms with Crippen LogP contribution in [0.15, 0.2) is 30.3 Å². The summed E-state index contributed by atoms with van der Waals surface area (Å²) in [5.41, 5.74) is 4.23. The zero-order valence-corrected chi connectivity index (χ0v) is 10.5. The third-order valence-electron chi connectivity index (χ3n) is 2.28. The summed E-state index contributed by atoms with van der Waals surface area (Å²) in [7, 11) is 0. The summed E-state index contributed by atoms with van der Waals surface area (Å²) in [6.07, 6.45) is -4.61. The summed E-state index contributed by atoms with van der Waals surface area (Å²) in [5.74, 6) is -2.11. The number of nitrogen functional groups attached to an aromatic ring is 1. The van der Waals surface area contributed by atoms with E-state index < -0.39 is 29.3 Å². The number of aromatic nitrogens is 1. The highest BCUT2D eigenvalue weighted by Gasteiger charge is 2.31. The molecule has 20 heavy (non-hydrogen) atoms. The maximum absolute atomic E-state index is 13.6. The molecule has 0 atom stereocenters. The third kappa shape index (κ3) is 3.11. The van der Waals surface area contributed by atoms with Crippen LogP contribution in [-0.4, -0.2) is 4.98 Å². The molecule has 0 unspecified atom stereocenters. The highest BCUT2D eigenvalue weighted by atomic mass is 35.5. The van der Waals surface area contributed by atoms with Gasteiger partial charge in [0.1, 0.15) is 5.82 Å². The van der Waals surface area contributed by atoms with Gasteiger partial charge in [-0.2, -0.15) is 18.2 Å². The minimum Gasteiger partial charge on any atom is -0.436 e. The molecule has 0 amide bonds. The number of ether oxygens (including phenoxy) is 1. The van der Waals surface area contributed by atoms with E-state index in [2.05, 4.69) is 4.98 Å². The van der Waals surface area contributed by atoms with Crippen molar-refractivity contribution in [1.82, 2.24) is 4.98 Å². The van der Waals surface area contributed by atoms with E-state index in [9.17, 15) is 17.6 Å². The molecule has 1 aromatic heterocycles. The predicted molar refractivity (Wildman–Crippen MR) is 65.1 cm³/mol. The number of alkyl halides is 3. The molecule has 0 aliphatic heterocycles. The fourth-order valence-corrected chi connectivity index (χ4v) is 1.58. The van der Waals surface area contributed by atoms with E-state index in [4.69, 9.17) is 22.1 Å². The largest absolute Gasteiger partial charge is 0.436 e. The Hall–Kier alpha value is -2.02. The summed E-state index contributed by atoms with van der Waals surface area (Å²) in [4.78, 5) is 3.56. The van der Waals surface area contributed by atoms with Gasteiger partial charge in [-0.3, -0.25) is 0 Å². The quantitative estimate of drug-likeness (QED) is 0.843. The molecule has 0 fully saturated rings. The van der Waals surface area contributed by atoms with Crippen LogP contribution in [0.25, 0.3) is 0 Å². The molecule has 8 heteroatoms. The SMILES string of the molecule is Nc1cc(C(F)(F)F)cc(Oc2cccc(Cl)c2F)n1. The van der Waals surface area contributed by atoms with Crippen LogP contribution in [0.5, 0.6) is 11.6 Å². The zero-order chi connectivity index (χ0) is 14.9. The minimum absolute atomic E-state index is 0.220. The highest BCUT2D eigenvalue weighted by Crippen LogP contribution is 2.34. The van der Waals surface area contributed by atoms with E-state index in [0.717, 1.165) is 0 Å². The molecular weight excluding hydrogens is 300 g/mol. The first kappa shape index (κ1) is 14.4. The summed E-state index contributed by atoms with van der Waals surface area (Å²) in [5, 5.41) is -0.220. The fraction of sp³-hybridized carbons (Fsp3) is 0.0833. The molecule has 106 valence electrons. The number of nitrogens with two attached hydrogens (primary N) is 1. The third-order valence-corrected chi connectivity index (χ3v) is 2.57. The molecule has 1 heterocycles. The lowest BCUT2D eigenvalue weighted by Gasteiger charge is -2.11. The summed E-state index contributed by atoms with van der Waals surface area (Å²) < 4.78 is 56.3. The lowest BCUT2D eigenvalue weighted by molar-refractivity contribution is -0.137. The number of rotatable bonds is 2. The lowest BCUT2D eigenvalue weighted by atomic mass is 10.2. The number of halogens is 5. The van der Waals surface area contributed by atoms with Crippen LogP contribution in [0.4, 0.5) is 23.4 Å². The minimum atomic E-state index is -4.61. The van der Waals surface area contributed by atoms with Gasteiger partial charge in [0.15, 0.2) is 11.6 Å². The second-order valence-electron chi connectivity index (χ2n) is 3.77. The van der Waals surface area contributed by atoms with Gasteiger partial charge in [-0.1, -0.05) is 17.7 Å². The molecule has 1 aromatic carbocycles. The highest BCUT2D eigenvalue weighted by molar-refractivity contribution is 6.30. The zero-order valence-electron chi connectivity index (χ0n) is 9.71. The van der Waals surface area contributed by atoms with Crippen LogP contribution < -0.4 is 10.5 Å². The Morgan fingerprint density at radius 3 is 2.55 bits per heavy atom. The van der Waals surface area contributed by atoms with Gasteiger partial charge >= 0.3 is 6.18 Å². The first-order valence-corrected chi connectivity index (χ1v) is 5.62. The van der Waals surface area contributed by atoms with Gasteiger partial charge in [0.2, 0.25) is 5.88 Å². The van der Waals surface area contributed by atoms with Crippen LogP contribution >= 0.6 is 11.6 Å². The van der Waals surface area contributed by atoms with Crippen LogP contribution in [0.2, 0.25) is 5.02 Å². The molecule has 0 radical (unpaired) electrons. The number of nitrogens with zero attached hydrogens (tertiary/aromatic N) is 1. The van der Waals surface area contributed by atoms with Crippen molar-refractivity contribution in [2.75, 3.05) is 5.73 Å². The second-order valence-corrected chi connectivity index (χ2v) is 4.18. The topological polar surface area (TPSA) is 48.1 Å². The van der Waals surface area contributed by atoms with Crippen molar-refractivity contribution in [1.29, 1.82) is 0 Å². The van der Waals surface area contributed by atoms with Gasteiger partial charge < -0.3 is 10.5 Å². The fourth-order valence-electron chi connectivity index (χ4n) is 1.42. The van der Waals surface area contributed by atoms with E-state index in [1.54, 1.807) is 0 Å². The van der Waals surface area contributed by atoms with Crippen LogP contribution in [0, 0.1) is 5.82 Å². The van der Waals surface area contributed by atoms with E-state index in [-0.39, 0.29) is 10.8 Å². The van der Waals surface area contributed by atoms with E-state index in [1.807, 2.05) is 0 Å². The number of hydrogen-bond donors (Lipinski definition) is 1. The number of hydrogen-bond acceptors (Lipinski definition) is 3. The molecule has 2 aromatic rings. The van der Waals surface area contributed by atoms with Crippen molar-refractivity contribution < 1.29 is 22.3 Å². The summed E-state index contributed by atoms with van der Waals surface area (Å²) >= 11 is 5.54. The van der Waals surface area contributed by atoms with E-state index >= 15 is 0 Å². The van der Waals surface area contributed by atoms with E-state index in [0.29, 0.717) is 12.1 Å². The van der Waals surface area contributed by atoms with Crippen molar-refractivity contribution in [3.63, 3.8) is 0 Å². The van der Waals surface area contributed by atoms with Crippen molar-refractivity contribution in [3.05, 3.63) is 46.7 Å². The molecule has 0 saturated heterocycles. The molecule has 0 saturated carbocycles. The molecule has 2 rings (SSSR count).